The van der Waals surface area contributed by atoms with E-state index in [1.807, 2.05) is 36.4 Å². The summed E-state index contributed by atoms with van der Waals surface area (Å²) in [4.78, 5) is 26.7. The zero-order chi connectivity index (χ0) is 20.8. The van der Waals surface area contributed by atoms with Crippen molar-refractivity contribution in [2.75, 3.05) is 32.8 Å². The van der Waals surface area contributed by atoms with Crippen molar-refractivity contribution in [3.63, 3.8) is 0 Å². The first-order chi connectivity index (χ1) is 14.0. The molecule has 2 aromatic carbocycles. The van der Waals surface area contributed by atoms with Gasteiger partial charge in [-0.1, -0.05) is 24.3 Å². The van der Waals surface area contributed by atoms with Crippen LogP contribution in [0.15, 0.2) is 53.6 Å². The highest BCUT2D eigenvalue weighted by Gasteiger charge is 2.27. The van der Waals surface area contributed by atoms with E-state index in [0.29, 0.717) is 42.3 Å². The molecule has 0 N–H and O–H groups in total. The van der Waals surface area contributed by atoms with E-state index >= 15 is 0 Å². The lowest BCUT2D eigenvalue weighted by atomic mass is 10.1. The molecule has 2 amide bonds. The van der Waals surface area contributed by atoms with Crippen LogP contribution in [-0.4, -0.2) is 50.2 Å². The highest BCUT2D eigenvalue weighted by Crippen LogP contribution is 2.27. The van der Waals surface area contributed by atoms with Gasteiger partial charge in [-0.15, -0.1) is 0 Å². The third-order valence-electron chi connectivity index (χ3n) is 4.81. The molecule has 0 bridgehead atoms. The molecule has 0 aromatic heterocycles. The van der Waals surface area contributed by atoms with E-state index in [9.17, 15) is 9.59 Å². The van der Waals surface area contributed by atoms with Crippen molar-refractivity contribution >= 4 is 23.2 Å². The highest BCUT2D eigenvalue weighted by molar-refractivity contribution is 6.40. The van der Waals surface area contributed by atoms with Gasteiger partial charge in [0.25, 0.3) is 5.91 Å². The van der Waals surface area contributed by atoms with Gasteiger partial charge in [0.05, 0.1) is 19.9 Å². The third kappa shape index (κ3) is 4.74. The van der Waals surface area contributed by atoms with Crippen LogP contribution in [0.25, 0.3) is 0 Å². The Hall–Kier alpha value is -3.35. The molecule has 0 atom stereocenters. The molecule has 7 nitrogen and oxygen atoms in total. The van der Waals surface area contributed by atoms with Gasteiger partial charge in [-0.05, 0) is 36.2 Å². The lowest BCUT2D eigenvalue weighted by molar-refractivity contribution is -0.123. The first kappa shape index (κ1) is 20.4. The van der Waals surface area contributed by atoms with Gasteiger partial charge >= 0.3 is 0 Å². The van der Waals surface area contributed by atoms with Crippen molar-refractivity contribution in [2.45, 2.75) is 19.3 Å². The summed E-state index contributed by atoms with van der Waals surface area (Å²) in [6.45, 7) is 0.520. The topological polar surface area (TPSA) is 71.4 Å². The van der Waals surface area contributed by atoms with Crippen molar-refractivity contribution in [1.82, 2.24) is 4.90 Å². The number of benzene rings is 2. The number of likely N-dealkylation sites (N-methyl/N-ethyl adjacent to an activating group) is 1. The highest BCUT2D eigenvalue weighted by atomic mass is 16.5. The summed E-state index contributed by atoms with van der Waals surface area (Å²) in [5.41, 5.74) is 2.09. The Balaban J connectivity index is 1.67. The molecule has 29 heavy (non-hydrogen) atoms. The SMILES string of the molecule is COc1ccc(CCN(C)C(=O)C2=NN(c3ccccc3)C(=O)CC2)cc1OC. The Morgan fingerprint density at radius 3 is 2.48 bits per heavy atom. The predicted molar refractivity (Wildman–Crippen MR) is 111 cm³/mol. The first-order valence-electron chi connectivity index (χ1n) is 9.45. The van der Waals surface area contributed by atoms with Gasteiger partial charge < -0.3 is 14.4 Å². The summed E-state index contributed by atoms with van der Waals surface area (Å²) in [6, 6.07) is 14.9. The fourth-order valence-corrected chi connectivity index (χ4v) is 3.13. The van der Waals surface area contributed by atoms with Crippen LogP contribution in [0.4, 0.5) is 5.69 Å². The maximum atomic E-state index is 12.8. The van der Waals surface area contributed by atoms with Crippen molar-refractivity contribution < 1.29 is 19.1 Å². The van der Waals surface area contributed by atoms with Crippen molar-refractivity contribution in [3.8, 4) is 11.5 Å². The van der Waals surface area contributed by atoms with E-state index in [2.05, 4.69) is 5.10 Å². The number of methoxy groups -OCH3 is 2. The van der Waals surface area contributed by atoms with Crippen LogP contribution < -0.4 is 14.5 Å². The molecule has 0 saturated heterocycles. The average molecular weight is 395 g/mol. The molecule has 0 spiro atoms. The molecule has 1 aliphatic rings. The summed E-state index contributed by atoms with van der Waals surface area (Å²) >= 11 is 0. The van der Waals surface area contributed by atoms with E-state index in [1.165, 1.54) is 5.01 Å². The van der Waals surface area contributed by atoms with Gasteiger partial charge in [-0.2, -0.15) is 5.10 Å². The molecule has 0 aliphatic carbocycles. The van der Waals surface area contributed by atoms with Crippen LogP contribution in [0.1, 0.15) is 18.4 Å². The van der Waals surface area contributed by atoms with E-state index in [1.54, 1.807) is 38.3 Å². The monoisotopic (exact) mass is 395 g/mol. The minimum atomic E-state index is -0.168. The summed E-state index contributed by atoms with van der Waals surface area (Å²) in [6.07, 6.45) is 1.28. The zero-order valence-electron chi connectivity index (χ0n) is 16.9. The van der Waals surface area contributed by atoms with Crippen LogP contribution >= 0.6 is 0 Å². The normalized spacial score (nSPS) is 13.7. The molecule has 152 valence electrons. The van der Waals surface area contributed by atoms with Crippen LogP contribution in [0.2, 0.25) is 0 Å². The number of anilines is 1. The number of nitrogens with zero attached hydrogens (tertiary/aromatic N) is 3. The van der Waals surface area contributed by atoms with Gasteiger partial charge in [0.1, 0.15) is 5.71 Å². The molecule has 1 aliphatic heterocycles. The molecule has 0 fully saturated rings. The van der Waals surface area contributed by atoms with Crippen LogP contribution in [0, 0.1) is 0 Å². The Labute approximate surface area is 170 Å². The zero-order valence-corrected chi connectivity index (χ0v) is 16.9. The molecule has 0 saturated carbocycles. The molecular weight excluding hydrogens is 370 g/mol. The molecule has 3 rings (SSSR count). The minimum absolute atomic E-state index is 0.110. The number of hydrazone groups is 1. The number of ether oxygens (including phenoxy) is 2. The molecule has 2 aromatic rings. The summed E-state index contributed by atoms with van der Waals surface area (Å²) in [5, 5.41) is 5.65. The number of para-hydroxylation sites is 1. The van der Waals surface area contributed by atoms with Crippen molar-refractivity contribution in [1.29, 1.82) is 0 Å². The Morgan fingerprint density at radius 2 is 1.79 bits per heavy atom. The van der Waals surface area contributed by atoms with Crippen LogP contribution in [0.3, 0.4) is 0 Å². The molecule has 7 heteroatoms. The molecule has 0 radical (unpaired) electrons. The maximum Gasteiger partial charge on any atom is 0.269 e. The van der Waals surface area contributed by atoms with Gasteiger partial charge in [-0.3, -0.25) is 9.59 Å². The fraction of sp³-hybridized carbons (Fsp3) is 0.318. The quantitative estimate of drug-likeness (QED) is 0.723. The standard InChI is InChI=1S/C22H25N3O4/c1-24(14-13-16-9-11-19(28-2)20(15-16)29-3)22(27)18-10-12-21(26)25(23-18)17-7-5-4-6-8-17/h4-9,11,15H,10,12-14H2,1-3H3. The van der Waals surface area contributed by atoms with Gasteiger partial charge in [0.15, 0.2) is 11.5 Å². The summed E-state index contributed by atoms with van der Waals surface area (Å²) in [7, 11) is 4.94. The maximum absolute atomic E-state index is 12.8. The number of hydrogen-bond acceptors (Lipinski definition) is 5. The smallest absolute Gasteiger partial charge is 0.269 e. The second-order valence-electron chi connectivity index (χ2n) is 6.75. The van der Waals surface area contributed by atoms with Crippen LogP contribution in [0.5, 0.6) is 11.5 Å². The van der Waals surface area contributed by atoms with Gasteiger partial charge in [-0.25, -0.2) is 5.01 Å². The number of amides is 2. The van der Waals surface area contributed by atoms with E-state index in [0.717, 1.165) is 5.56 Å². The fourth-order valence-electron chi connectivity index (χ4n) is 3.13. The van der Waals surface area contributed by atoms with Crippen molar-refractivity contribution in [2.24, 2.45) is 5.10 Å². The van der Waals surface area contributed by atoms with Gasteiger partial charge in [0.2, 0.25) is 5.91 Å². The van der Waals surface area contributed by atoms with E-state index in [-0.39, 0.29) is 18.2 Å². The number of rotatable bonds is 7. The van der Waals surface area contributed by atoms with Crippen LogP contribution in [-0.2, 0) is 16.0 Å². The molecule has 1 heterocycles. The Kier molecular flexibility index (Phi) is 6.49. The number of carbonyl (C=O) groups excluding carboxylic acids is 2. The Morgan fingerprint density at radius 1 is 1.07 bits per heavy atom. The largest absolute Gasteiger partial charge is 0.493 e. The number of carbonyl (C=O) groups is 2. The molecule has 0 unspecified atom stereocenters. The van der Waals surface area contributed by atoms with Crippen molar-refractivity contribution in [3.05, 3.63) is 54.1 Å². The second kappa shape index (κ2) is 9.23. The lowest BCUT2D eigenvalue weighted by Gasteiger charge is -2.25. The van der Waals surface area contributed by atoms with E-state index < -0.39 is 0 Å². The summed E-state index contributed by atoms with van der Waals surface area (Å²) in [5.74, 6) is 1.05. The average Bonchev–Trinajstić information content (AvgIpc) is 2.77. The summed E-state index contributed by atoms with van der Waals surface area (Å²) < 4.78 is 10.6. The predicted octanol–water partition coefficient (Wildman–Crippen LogP) is 2.89. The Bertz CT molecular complexity index is 912. The molecular formula is C22H25N3O4. The van der Waals surface area contributed by atoms with Gasteiger partial charge in [0, 0.05) is 26.4 Å². The lowest BCUT2D eigenvalue weighted by Crippen LogP contribution is -2.40. The third-order valence-corrected chi connectivity index (χ3v) is 4.81. The van der Waals surface area contributed by atoms with E-state index in [4.69, 9.17) is 9.47 Å². The first-order valence-corrected chi connectivity index (χ1v) is 9.45. The number of hydrogen-bond donors (Lipinski definition) is 0. The minimum Gasteiger partial charge on any atom is -0.493 e. The second-order valence-corrected chi connectivity index (χ2v) is 6.75.